The molecule has 1 aliphatic rings. The zero-order chi connectivity index (χ0) is 19.2. The molecule has 0 spiro atoms. The van der Waals surface area contributed by atoms with Crippen LogP contribution in [0.5, 0.6) is 0 Å². The molecule has 1 saturated heterocycles. The molecule has 0 aliphatic carbocycles. The number of likely N-dealkylation sites (N-methyl/N-ethyl adjacent to an activating group) is 1. The predicted octanol–water partition coefficient (Wildman–Crippen LogP) is 0.289. The molecule has 0 bridgehead atoms. The highest BCUT2D eigenvalue weighted by molar-refractivity contribution is 5.97. The predicted molar refractivity (Wildman–Crippen MR) is 99.4 cm³/mol. The summed E-state index contributed by atoms with van der Waals surface area (Å²) in [6.07, 6.45) is 1.48. The monoisotopic (exact) mass is 371 g/mol. The smallest absolute Gasteiger partial charge is 0.256 e. The van der Waals surface area contributed by atoms with Gasteiger partial charge >= 0.3 is 0 Å². The van der Waals surface area contributed by atoms with Crippen LogP contribution < -0.4 is 0 Å². The maximum absolute atomic E-state index is 13.0. The van der Waals surface area contributed by atoms with Crippen LogP contribution in [-0.4, -0.2) is 92.5 Å². The lowest BCUT2D eigenvalue weighted by atomic mass is 10.1. The van der Waals surface area contributed by atoms with Gasteiger partial charge in [-0.25, -0.2) is 0 Å². The molecule has 2 aromatic rings. The molecule has 9 nitrogen and oxygen atoms in total. The summed E-state index contributed by atoms with van der Waals surface area (Å²) in [5.74, 6) is 0.0969. The molecule has 0 saturated carbocycles. The Morgan fingerprint density at radius 3 is 2.41 bits per heavy atom. The van der Waals surface area contributed by atoms with E-state index in [1.165, 1.54) is 11.0 Å². The summed E-state index contributed by atoms with van der Waals surface area (Å²) in [5.41, 5.74) is 1.23. The molecule has 0 radical (unpaired) electrons. The van der Waals surface area contributed by atoms with Crippen LogP contribution >= 0.6 is 0 Å². The van der Waals surface area contributed by atoms with Crippen molar-refractivity contribution < 1.29 is 9.59 Å². The summed E-state index contributed by atoms with van der Waals surface area (Å²) in [5, 5.41) is 11.2. The normalized spacial score (nSPS) is 15.0. The van der Waals surface area contributed by atoms with E-state index >= 15 is 0 Å². The van der Waals surface area contributed by atoms with Gasteiger partial charge < -0.3 is 9.80 Å². The first kappa shape index (κ1) is 19.0. The van der Waals surface area contributed by atoms with Crippen molar-refractivity contribution in [3.05, 3.63) is 36.2 Å². The van der Waals surface area contributed by atoms with Crippen LogP contribution in [0.15, 0.2) is 30.6 Å². The third-order valence-corrected chi connectivity index (χ3v) is 4.86. The topological polar surface area (TPSA) is 87.5 Å². The Hall–Kier alpha value is -2.81. The number of carbonyl (C=O) groups excluding carboxylic acids is 2. The minimum Gasteiger partial charge on any atom is -0.342 e. The fourth-order valence-corrected chi connectivity index (χ4v) is 3.27. The van der Waals surface area contributed by atoms with Crippen LogP contribution in [0.2, 0.25) is 0 Å². The van der Waals surface area contributed by atoms with E-state index in [2.05, 4.69) is 20.4 Å². The van der Waals surface area contributed by atoms with Gasteiger partial charge in [-0.15, -0.1) is 5.10 Å². The lowest BCUT2D eigenvalue weighted by Crippen LogP contribution is -2.51. The van der Waals surface area contributed by atoms with E-state index < -0.39 is 0 Å². The number of hydrogen-bond acceptors (Lipinski definition) is 6. The molecule has 1 fully saturated rings. The average Bonchev–Trinajstić information content (AvgIpc) is 3.24. The van der Waals surface area contributed by atoms with Crippen LogP contribution in [0.1, 0.15) is 24.2 Å². The zero-order valence-electron chi connectivity index (χ0n) is 15.8. The molecular formula is C18H25N7O2. The molecule has 2 amide bonds. The lowest BCUT2D eigenvalue weighted by Gasteiger charge is -2.35. The van der Waals surface area contributed by atoms with Gasteiger partial charge in [0.2, 0.25) is 5.91 Å². The molecule has 3 rings (SSSR count). The highest BCUT2D eigenvalue weighted by atomic mass is 16.2. The minimum absolute atomic E-state index is 0.0455. The minimum atomic E-state index is -0.0455. The molecule has 2 heterocycles. The average molecular weight is 371 g/mol. The highest BCUT2D eigenvalue weighted by Crippen LogP contribution is 2.16. The molecule has 1 aromatic carbocycles. The van der Waals surface area contributed by atoms with E-state index in [0.29, 0.717) is 44.0 Å². The molecule has 144 valence electrons. The third-order valence-electron chi connectivity index (χ3n) is 4.86. The number of amides is 2. The summed E-state index contributed by atoms with van der Waals surface area (Å²) < 4.78 is 1.49. The fraction of sp³-hybridized carbons (Fsp3) is 0.500. The van der Waals surface area contributed by atoms with Crippen LogP contribution in [-0.2, 0) is 4.79 Å². The second-order valence-electron chi connectivity index (χ2n) is 6.41. The van der Waals surface area contributed by atoms with Gasteiger partial charge in [0, 0.05) is 39.3 Å². The fourth-order valence-electron chi connectivity index (χ4n) is 3.27. The second-order valence-corrected chi connectivity index (χ2v) is 6.41. The van der Waals surface area contributed by atoms with Crippen LogP contribution in [0, 0.1) is 0 Å². The molecule has 9 heteroatoms. The van der Waals surface area contributed by atoms with E-state index in [4.69, 9.17) is 0 Å². The number of rotatable bonds is 6. The number of nitrogens with zero attached hydrogens (tertiary/aromatic N) is 7. The maximum Gasteiger partial charge on any atom is 0.256 e. The zero-order valence-corrected chi connectivity index (χ0v) is 15.8. The molecule has 1 aromatic heterocycles. The standard InChI is InChI=1S/C18H25N7O2/c1-3-23(4-2)17(26)13-22-9-11-24(12-10-22)18(27)15-7-5-6-8-16(15)25-14-19-20-21-25/h5-8,14H,3-4,9-13H2,1-2H3. The summed E-state index contributed by atoms with van der Waals surface area (Å²) in [6.45, 7) is 8.38. The summed E-state index contributed by atoms with van der Waals surface area (Å²) in [6, 6.07) is 7.29. The lowest BCUT2D eigenvalue weighted by molar-refractivity contribution is -0.132. The Bertz CT molecular complexity index is 766. The Kier molecular flexibility index (Phi) is 6.12. The van der Waals surface area contributed by atoms with Gasteiger partial charge in [-0.3, -0.25) is 14.5 Å². The van der Waals surface area contributed by atoms with Crippen molar-refractivity contribution in [2.45, 2.75) is 13.8 Å². The van der Waals surface area contributed by atoms with Crippen LogP contribution in [0.3, 0.4) is 0 Å². The van der Waals surface area contributed by atoms with Gasteiger partial charge in [0.1, 0.15) is 6.33 Å². The van der Waals surface area contributed by atoms with Gasteiger partial charge in [0.05, 0.1) is 17.8 Å². The van der Waals surface area contributed by atoms with Crippen molar-refractivity contribution in [3.8, 4) is 5.69 Å². The number of tetrazole rings is 1. The number of hydrogen-bond donors (Lipinski definition) is 0. The molecule has 0 N–H and O–H groups in total. The van der Waals surface area contributed by atoms with Crippen molar-refractivity contribution >= 4 is 11.8 Å². The van der Waals surface area contributed by atoms with E-state index in [1.54, 1.807) is 6.07 Å². The van der Waals surface area contributed by atoms with Gasteiger partial charge in [-0.2, -0.15) is 4.68 Å². The van der Waals surface area contributed by atoms with Gasteiger partial charge in [-0.1, -0.05) is 12.1 Å². The first-order valence-corrected chi connectivity index (χ1v) is 9.25. The number of aromatic nitrogens is 4. The number of benzene rings is 1. The summed E-state index contributed by atoms with van der Waals surface area (Å²) in [4.78, 5) is 31.0. The highest BCUT2D eigenvalue weighted by Gasteiger charge is 2.26. The van der Waals surface area contributed by atoms with Crippen molar-refractivity contribution in [1.29, 1.82) is 0 Å². The van der Waals surface area contributed by atoms with E-state index in [-0.39, 0.29) is 11.8 Å². The van der Waals surface area contributed by atoms with E-state index in [9.17, 15) is 9.59 Å². The Labute approximate surface area is 158 Å². The molecular weight excluding hydrogens is 346 g/mol. The van der Waals surface area contributed by atoms with Gasteiger partial charge in [0.15, 0.2) is 0 Å². The van der Waals surface area contributed by atoms with E-state index in [1.807, 2.05) is 41.8 Å². The van der Waals surface area contributed by atoms with E-state index in [0.717, 1.165) is 13.1 Å². The SMILES string of the molecule is CCN(CC)C(=O)CN1CCN(C(=O)c2ccccc2-n2cnnn2)CC1. The van der Waals surface area contributed by atoms with Crippen molar-refractivity contribution in [3.63, 3.8) is 0 Å². The van der Waals surface area contributed by atoms with Gasteiger partial charge in [0.25, 0.3) is 5.91 Å². The third kappa shape index (κ3) is 4.30. The van der Waals surface area contributed by atoms with Crippen molar-refractivity contribution in [2.75, 3.05) is 45.8 Å². The number of carbonyl (C=O) groups is 2. The number of piperazine rings is 1. The maximum atomic E-state index is 13.0. The second kappa shape index (κ2) is 8.72. The Morgan fingerprint density at radius 2 is 1.78 bits per heavy atom. The number of para-hydroxylation sites is 1. The Morgan fingerprint density at radius 1 is 1.07 bits per heavy atom. The summed E-state index contributed by atoms with van der Waals surface area (Å²) in [7, 11) is 0. The van der Waals surface area contributed by atoms with Crippen molar-refractivity contribution in [1.82, 2.24) is 34.9 Å². The van der Waals surface area contributed by atoms with Crippen LogP contribution in [0.4, 0.5) is 0 Å². The first-order chi connectivity index (χ1) is 13.1. The molecule has 0 atom stereocenters. The van der Waals surface area contributed by atoms with Crippen LogP contribution in [0.25, 0.3) is 5.69 Å². The quantitative estimate of drug-likeness (QED) is 0.725. The summed E-state index contributed by atoms with van der Waals surface area (Å²) >= 11 is 0. The van der Waals surface area contributed by atoms with Crippen molar-refractivity contribution in [2.24, 2.45) is 0 Å². The molecule has 0 unspecified atom stereocenters. The Balaban J connectivity index is 1.62. The molecule has 27 heavy (non-hydrogen) atoms. The van der Waals surface area contributed by atoms with Gasteiger partial charge in [-0.05, 0) is 36.4 Å². The largest absolute Gasteiger partial charge is 0.342 e. The molecule has 1 aliphatic heterocycles. The first-order valence-electron chi connectivity index (χ1n) is 9.25.